The standard InChI is InChI=1S/C11H13N2O.Fm/c14-10-13-8-4-7-12-9-11-5-2-1-3-6-11;/h1-3,5-6,9H,4,7-8H2,(H,13,14);/q-1;. The summed E-state index contributed by atoms with van der Waals surface area (Å²) in [6.45, 7) is 1.36. The molecule has 1 aromatic rings. The zero-order valence-electron chi connectivity index (χ0n) is 8.23. The Labute approximate surface area is 83.9 Å². The summed E-state index contributed by atoms with van der Waals surface area (Å²) >= 11 is 0. The van der Waals surface area contributed by atoms with E-state index in [1.54, 1.807) is 6.41 Å². The van der Waals surface area contributed by atoms with Gasteiger partial charge in [-0.1, -0.05) is 30.3 Å². The average molecular weight is 446 g/mol. The van der Waals surface area contributed by atoms with Crippen LogP contribution >= 0.6 is 0 Å². The van der Waals surface area contributed by atoms with E-state index in [9.17, 15) is 4.79 Å². The molecular formula is C11H13FmN2O-. The van der Waals surface area contributed by atoms with E-state index in [4.69, 9.17) is 0 Å². The quantitative estimate of drug-likeness (QED) is 0.303. The van der Waals surface area contributed by atoms with Crippen molar-refractivity contribution in [2.75, 3.05) is 13.1 Å². The zero-order valence-corrected chi connectivity index (χ0v) is 10.6. The fourth-order valence-corrected chi connectivity index (χ4v) is 1.02. The van der Waals surface area contributed by atoms with Gasteiger partial charge in [-0.05, 0) is 18.5 Å². The summed E-state index contributed by atoms with van der Waals surface area (Å²) in [6, 6.07) is 9.93. The summed E-state index contributed by atoms with van der Waals surface area (Å²) in [7, 11) is 0. The molecule has 0 saturated heterocycles. The van der Waals surface area contributed by atoms with Crippen molar-refractivity contribution in [2.45, 2.75) is 6.42 Å². The number of amides is 1. The summed E-state index contributed by atoms with van der Waals surface area (Å²) in [4.78, 5) is 14.0. The molecule has 15 heavy (non-hydrogen) atoms. The predicted molar refractivity (Wildman–Crippen MR) is 57.2 cm³/mol. The molecule has 0 spiro atoms. The molecule has 0 radical (unpaired) electrons. The Morgan fingerprint density at radius 2 is 2.07 bits per heavy atom. The number of hydrogen-bond donors (Lipinski definition) is 1. The van der Waals surface area contributed by atoms with E-state index in [2.05, 4.69) is 10.3 Å². The number of nitrogens with zero attached hydrogens (tertiary/aromatic N) is 1. The molecule has 0 heterocycles. The van der Waals surface area contributed by atoms with Gasteiger partial charge in [0.25, 0.3) is 0 Å². The van der Waals surface area contributed by atoms with E-state index in [-0.39, 0.29) is 0 Å². The fraction of sp³-hybridized carbons (Fsp3) is 0.273. The maximum atomic E-state index is 9.78. The van der Waals surface area contributed by atoms with E-state index < -0.39 is 0 Å². The molecule has 4 heteroatoms. The van der Waals surface area contributed by atoms with Crippen molar-refractivity contribution in [3.05, 3.63) is 35.9 Å². The van der Waals surface area contributed by atoms with Gasteiger partial charge in [-0.15, -0.1) is 0 Å². The van der Waals surface area contributed by atoms with Gasteiger partial charge in [0.05, 0.1) is 0 Å². The van der Waals surface area contributed by atoms with Crippen molar-refractivity contribution in [1.29, 1.82) is 0 Å². The van der Waals surface area contributed by atoms with Gasteiger partial charge in [0.15, 0.2) is 0 Å². The second-order valence-corrected chi connectivity index (χ2v) is 2.83. The third kappa shape index (κ3) is 5.58. The van der Waals surface area contributed by atoms with E-state index in [1.807, 2.05) is 36.5 Å². The van der Waals surface area contributed by atoms with E-state index >= 15 is 0 Å². The molecule has 0 saturated carbocycles. The van der Waals surface area contributed by atoms with Crippen LogP contribution in [0.1, 0.15) is 12.0 Å². The monoisotopic (exact) mass is 446 g/mol. The first-order chi connectivity index (χ1) is 6.93. The normalized spacial score (nSPS) is 9.60. The SMILES string of the molecule is O=[C-]NCCCN=Cc1ccccc1.[Fm]. The van der Waals surface area contributed by atoms with Crippen LogP contribution in [0.5, 0.6) is 0 Å². The van der Waals surface area contributed by atoms with Gasteiger partial charge in [-0.2, -0.15) is 6.41 Å². The van der Waals surface area contributed by atoms with Crippen LogP contribution in [-0.4, -0.2) is 25.7 Å². The first kappa shape index (κ1) is 12.4. The molecule has 0 aromatic heterocycles. The topological polar surface area (TPSA) is 41.5 Å². The van der Waals surface area contributed by atoms with Crippen LogP contribution in [0.2, 0.25) is 0 Å². The smallest absolute Gasteiger partial charge is 0.0405 e. The summed E-state index contributed by atoms with van der Waals surface area (Å²) in [5, 5.41) is 2.47. The molecule has 1 aromatic carbocycles. The molecule has 0 bridgehead atoms. The minimum Gasteiger partial charge on any atom is -0.530 e. The molecule has 0 aliphatic rings. The van der Waals surface area contributed by atoms with Gasteiger partial charge < -0.3 is 10.1 Å². The first-order valence-corrected chi connectivity index (χ1v) is 4.58. The molecule has 0 unspecified atom stereocenters. The van der Waals surface area contributed by atoms with E-state index in [0.29, 0.717) is 6.54 Å². The Balaban J connectivity index is 0.00000196. The van der Waals surface area contributed by atoms with Crippen LogP contribution in [0.3, 0.4) is 0 Å². The van der Waals surface area contributed by atoms with Crippen molar-refractivity contribution >= 4 is 12.6 Å². The number of aliphatic imine (C=N–C) groups is 1. The maximum absolute atomic E-state index is 9.78. The van der Waals surface area contributed by atoms with Crippen molar-refractivity contribution in [2.24, 2.45) is 4.99 Å². The maximum Gasteiger partial charge on any atom is 0.0405 e. The Kier molecular flexibility index (Phi) is 6.58. The molecule has 3 nitrogen and oxygen atoms in total. The Hall–Kier alpha value is -2.64. The second kappa shape index (κ2) is 7.98. The molecule has 1 rings (SSSR count). The van der Waals surface area contributed by atoms with E-state index in [1.165, 1.54) is 0 Å². The van der Waals surface area contributed by atoms with Crippen molar-refractivity contribution < 1.29 is 4.79 Å². The van der Waals surface area contributed by atoms with Crippen molar-refractivity contribution in [3.8, 4) is 0 Å². The number of carbonyl (C=O) groups excluding carboxylic acids is 1. The van der Waals surface area contributed by atoms with Crippen LogP contribution in [0.25, 0.3) is 0 Å². The average Bonchev–Trinajstić information content (AvgIpc) is 2.25. The van der Waals surface area contributed by atoms with Crippen molar-refractivity contribution in [1.82, 2.24) is 5.32 Å². The molecule has 86 valence electrons. The molecule has 1 amide bonds. The molecule has 0 aliphatic carbocycles. The summed E-state index contributed by atoms with van der Waals surface area (Å²) in [5.41, 5.74) is 1.10. The van der Waals surface area contributed by atoms with Gasteiger partial charge in [-0.25, -0.2) is 0 Å². The van der Waals surface area contributed by atoms with Crippen molar-refractivity contribution in [3.63, 3.8) is 0 Å². The summed E-state index contributed by atoms with van der Waals surface area (Å²) in [6.07, 6.45) is 4.31. The number of benzene rings is 1. The van der Waals surface area contributed by atoms with Crippen LogP contribution in [-0.2, 0) is 4.79 Å². The second-order valence-electron chi connectivity index (χ2n) is 2.83. The molecule has 0 fully saturated rings. The molecular weight excluding hydrogens is 433 g/mol. The zero-order chi connectivity index (χ0) is 10.1. The Morgan fingerprint density at radius 3 is 2.73 bits per heavy atom. The van der Waals surface area contributed by atoms with Gasteiger partial charge >= 0.3 is 0 Å². The largest absolute Gasteiger partial charge is 0.530 e. The van der Waals surface area contributed by atoms with Gasteiger partial charge in [-0.3, -0.25) is 4.99 Å². The predicted octanol–water partition coefficient (Wildman–Crippen LogP) is 1.15. The third-order valence-electron chi connectivity index (χ3n) is 1.70. The van der Waals surface area contributed by atoms with Gasteiger partial charge in [0.2, 0.25) is 0 Å². The van der Waals surface area contributed by atoms with Crippen LogP contribution in [0, 0.1) is 0 Å². The number of nitrogens with one attached hydrogen (secondary N) is 1. The molecule has 1 N–H and O–H groups in total. The van der Waals surface area contributed by atoms with Crippen LogP contribution in [0.15, 0.2) is 35.3 Å². The minimum atomic E-state index is 0. The molecule has 0 aliphatic heterocycles. The summed E-state index contributed by atoms with van der Waals surface area (Å²) < 4.78 is 0. The minimum absolute atomic E-state index is 0. The van der Waals surface area contributed by atoms with Crippen LogP contribution in [0.4, 0.5) is 0 Å². The fourth-order valence-electron chi connectivity index (χ4n) is 1.02. The molecule has 0 atom stereocenters. The third-order valence-corrected chi connectivity index (χ3v) is 1.70. The van der Waals surface area contributed by atoms with Crippen LogP contribution < -0.4 is 5.32 Å². The Bertz CT molecular complexity index is 288. The number of hydrogen-bond acceptors (Lipinski definition) is 2. The summed E-state index contributed by atoms with van der Waals surface area (Å²) in [5.74, 6) is 0. The van der Waals surface area contributed by atoms with Gasteiger partial charge in [0, 0.05) is 12.8 Å². The van der Waals surface area contributed by atoms with Gasteiger partial charge in [0.1, 0.15) is 0 Å². The van der Waals surface area contributed by atoms with E-state index in [0.717, 1.165) is 18.5 Å². The number of rotatable bonds is 6. The first-order valence-electron chi connectivity index (χ1n) is 4.58. The Morgan fingerprint density at radius 1 is 1.33 bits per heavy atom.